The van der Waals surface area contributed by atoms with Gasteiger partial charge in [-0.15, -0.1) is 0 Å². The zero-order chi connectivity index (χ0) is 25.8. The highest BCUT2D eigenvalue weighted by atomic mass is 32.2. The maximum absolute atomic E-state index is 13.1. The number of nitrogens with one attached hydrogen (secondary N) is 2. The fourth-order valence-electron chi connectivity index (χ4n) is 3.41. The average molecular weight is 509 g/mol. The Morgan fingerprint density at radius 3 is 1.92 bits per heavy atom. The normalized spacial score (nSPS) is 13.1. The molecule has 8 nitrogen and oxygen atoms in total. The molecule has 3 aromatic rings. The monoisotopic (exact) mass is 508 g/mol. The van der Waals surface area contributed by atoms with E-state index in [1.165, 1.54) is 0 Å². The molecule has 0 fully saturated rings. The Bertz CT molecular complexity index is 1160. The molecule has 3 atom stereocenters. The number of carbonyl (C=O) groups is 3. The van der Waals surface area contributed by atoms with Crippen LogP contribution >= 0.6 is 0 Å². The predicted octanol–water partition coefficient (Wildman–Crippen LogP) is 3.29. The van der Waals surface area contributed by atoms with Crippen LogP contribution in [0.4, 0.5) is 4.79 Å². The second-order valence-corrected chi connectivity index (χ2v) is 9.57. The van der Waals surface area contributed by atoms with Gasteiger partial charge in [-0.2, -0.15) is 0 Å². The van der Waals surface area contributed by atoms with E-state index in [0.29, 0.717) is 4.90 Å². The quantitative estimate of drug-likeness (QED) is 0.345. The molecule has 0 aliphatic rings. The van der Waals surface area contributed by atoms with Gasteiger partial charge in [0.2, 0.25) is 5.91 Å². The van der Waals surface area contributed by atoms with Crippen molar-refractivity contribution in [3.8, 4) is 0 Å². The van der Waals surface area contributed by atoms with Crippen LogP contribution in [0.5, 0.6) is 0 Å². The Morgan fingerprint density at radius 1 is 0.778 bits per heavy atom. The molecule has 0 saturated heterocycles. The van der Waals surface area contributed by atoms with Crippen molar-refractivity contribution in [3.05, 3.63) is 102 Å². The summed E-state index contributed by atoms with van der Waals surface area (Å²) in [7, 11) is -1.41. The largest absolute Gasteiger partial charge is 0.480 e. The Balaban J connectivity index is 1.64. The Kier molecular flexibility index (Phi) is 10.2. The minimum Gasteiger partial charge on any atom is -0.480 e. The third kappa shape index (κ3) is 8.66. The number of ether oxygens (including phenoxy) is 1. The fraction of sp³-hybridized carbons (Fsp3) is 0.222. The third-order valence-corrected chi connectivity index (χ3v) is 6.72. The molecule has 9 heteroatoms. The number of carbonyl (C=O) groups excluding carboxylic acids is 2. The van der Waals surface area contributed by atoms with Crippen molar-refractivity contribution in [2.75, 3.05) is 5.75 Å². The Labute approximate surface area is 212 Å². The van der Waals surface area contributed by atoms with Gasteiger partial charge in [-0.25, -0.2) is 9.59 Å². The van der Waals surface area contributed by atoms with Crippen molar-refractivity contribution in [1.29, 1.82) is 0 Å². The molecule has 0 unspecified atom stereocenters. The van der Waals surface area contributed by atoms with Crippen LogP contribution in [0.1, 0.15) is 17.5 Å². The molecule has 0 spiro atoms. The van der Waals surface area contributed by atoms with Gasteiger partial charge >= 0.3 is 12.1 Å². The first-order valence-electron chi connectivity index (χ1n) is 11.4. The molecule has 0 saturated carbocycles. The van der Waals surface area contributed by atoms with Crippen LogP contribution in [0.2, 0.25) is 0 Å². The molecule has 188 valence electrons. The van der Waals surface area contributed by atoms with E-state index >= 15 is 0 Å². The van der Waals surface area contributed by atoms with E-state index in [1.54, 1.807) is 66.7 Å². The number of benzene rings is 3. The van der Waals surface area contributed by atoms with E-state index < -0.39 is 40.9 Å². The van der Waals surface area contributed by atoms with E-state index in [1.807, 2.05) is 24.3 Å². The van der Waals surface area contributed by atoms with E-state index in [0.717, 1.165) is 11.1 Å². The van der Waals surface area contributed by atoms with Gasteiger partial charge < -0.3 is 20.5 Å². The van der Waals surface area contributed by atoms with Crippen LogP contribution in [-0.2, 0) is 38.2 Å². The zero-order valence-electron chi connectivity index (χ0n) is 19.5. The lowest BCUT2D eigenvalue weighted by Crippen LogP contribution is -2.52. The van der Waals surface area contributed by atoms with Gasteiger partial charge in [-0.3, -0.25) is 9.00 Å². The fourth-order valence-corrected chi connectivity index (χ4v) is 4.56. The molecule has 3 aromatic carbocycles. The number of aliphatic carboxylic acids is 1. The van der Waals surface area contributed by atoms with Crippen molar-refractivity contribution in [3.63, 3.8) is 0 Å². The van der Waals surface area contributed by atoms with Crippen LogP contribution in [0.25, 0.3) is 0 Å². The number of carboxylic acid groups (broad SMARTS) is 1. The van der Waals surface area contributed by atoms with Gasteiger partial charge in [0.1, 0.15) is 18.7 Å². The van der Waals surface area contributed by atoms with Crippen LogP contribution < -0.4 is 10.6 Å². The van der Waals surface area contributed by atoms with E-state index in [2.05, 4.69) is 10.6 Å². The smallest absolute Gasteiger partial charge is 0.408 e. The topological polar surface area (TPSA) is 122 Å². The molecular formula is C27H28N2O6S. The summed E-state index contributed by atoms with van der Waals surface area (Å²) in [6.45, 7) is 0.0232. The number of carboxylic acids is 1. The van der Waals surface area contributed by atoms with Crippen molar-refractivity contribution in [2.45, 2.75) is 36.4 Å². The van der Waals surface area contributed by atoms with E-state index in [-0.39, 0.29) is 25.2 Å². The summed E-state index contributed by atoms with van der Waals surface area (Å²) < 4.78 is 17.7. The predicted molar refractivity (Wildman–Crippen MR) is 136 cm³/mol. The summed E-state index contributed by atoms with van der Waals surface area (Å²) in [5, 5.41) is 14.7. The molecular weight excluding hydrogens is 480 g/mol. The van der Waals surface area contributed by atoms with Crippen molar-refractivity contribution >= 4 is 28.8 Å². The molecule has 0 radical (unpaired) electrons. The minimum atomic E-state index is -1.41. The van der Waals surface area contributed by atoms with Crippen LogP contribution in [-0.4, -0.2) is 45.1 Å². The lowest BCUT2D eigenvalue weighted by Gasteiger charge is -2.21. The van der Waals surface area contributed by atoms with Gasteiger partial charge in [-0.05, 0) is 29.7 Å². The van der Waals surface area contributed by atoms with Gasteiger partial charge in [0.05, 0.1) is 10.8 Å². The minimum absolute atomic E-state index is 0.0232. The summed E-state index contributed by atoms with van der Waals surface area (Å²) >= 11 is 0. The first-order valence-corrected chi connectivity index (χ1v) is 12.7. The molecule has 0 aromatic heterocycles. The van der Waals surface area contributed by atoms with Crippen LogP contribution in [0.3, 0.4) is 0 Å². The second-order valence-electron chi connectivity index (χ2n) is 8.00. The number of hydrogen-bond donors (Lipinski definition) is 3. The third-order valence-electron chi connectivity index (χ3n) is 5.32. The lowest BCUT2D eigenvalue weighted by atomic mass is 10.0. The summed E-state index contributed by atoms with van der Waals surface area (Å²) in [5.41, 5.74) is 1.56. The maximum Gasteiger partial charge on any atom is 0.408 e. The molecule has 0 aliphatic heterocycles. The molecule has 0 bridgehead atoms. The molecule has 3 N–H and O–H groups in total. The highest BCUT2D eigenvalue weighted by Crippen LogP contribution is 2.10. The summed E-state index contributed by atoms with van der Waals surface area (Å²) in [6, 6.07) is 24.5. The van der Waals surface area contributed by atoms with Crippen LogP contribution in [0.15, 0.2) is 95.9 Å². The molecule has 2 amide bonds. The zero-order valence-corrected chi connectivity index (χ0v) is 20.4. The lowest BCUT2D eigenvalue weighted by molar-refractivity contribution is -0.142. The highest BCUT2D eigenvalue weighted by Gasteiger charge is 2.27. The SMILES string of the molecule is O=C(N[C@@H](Cc1ccccc1)C(=O)N[C@@H](CC[S@@](=O)c1ccccc1)C(=O)O)OCc1ccccc1. The number of rotatable bonds is 12. The Morgan fingerprint density at radius 2 is 1.33 bits per heavy atom. The Hall–Kier alpha value is -3.98. The maximum atomic E-state index is 13.1. The standard InChI is InChI=1S/C27H28N2O6S/c30-25(28-23(26(31)32)16-17-36(34)22-14-8-3-9-15-22)24(18-20-10-4-1-5-11-20)29-27(33)35-19-21-12-6-2-7-13-21/h1-15,23-24H,16-19H2,(H,28,30)(H,29,33)(H,31,32)/t23-,24-,36+/m0/s1. The second kappa shape index (κ2) is 13.8. The van der Waals surface area contributed by atoms with E-state index in [4.69, 9.17) is 4.74 Å². The molecule has 0 heterocycles. The average Bonchev–Trinajstić information content (AvgIpc) is 2.90. The van der Waals surface area contributed by atoms with Gasteiger partial charge in [0.25, 0.3) is 0 Å². The number of hydrogen-bond acceptors (Lipinski definition) is 5. The van der Waals surface area contributed by atoms with Gasteiger partial charge in [-0.1, -0.05) is 78.9 Å². The number of amides is 2. The first kappa shape index (κ1) is 26.6. The summed E-state index contributed by atoms with van der Waals surface area (Å²) in [4.78, 5) is 37.9. The van der Waals surface area contributed by atoms with Crippen molar-refractivity contribution in [1.82, 2.24) is 10.6 Å². The van der Waals surface area contributed by atoms with Crippen LogP contribution in [0, 0.1) is 0 Å². The molecule has 3 rings (SSSR count). The van der Waals surface area contributed by atoms with E-state index in [9.17, 15) is 23.7 Å². The number of alkyl carbamates (subject to hydrolysis) is 1. The van der Waals surface area contributed by atoms with Gasteiger partial charge in [0, 0.05) is 17.1 Å². The first-order chi connectivity index (χ1) is 17.4. The van der Waals surface area contributed by atoms with Gasteiger partial charge in [0.15, 0.2) is 0 Å². The molecule has 36 heavy (non-hydrogen) atoms. The molecule has 0 aliphatic carbocycles. The van der Waals surface area contributed by atoms with Crippen molar-refractivity contribution < 1.29 is 28.4 Å². The summed E-state index contributed by atoms with van der Waals surface area (Å²) in [5.74, 6) is -1.87. The van der Waals surface area contributed by atoms with Crippen molar-refractivity contribution in [2.24, 2.45) is 0 Å². The highest BCUT2D eigenvalue weighted by molar-refractivity contribution is 7.85. The summed E-state index contributed by atoms with van der Waals surface area (Å²) in [6.07, 6.45) is -0.707.